The zero-order valence-corrected chi connectivity index (χ0v) is 14.6. The van der Waals surface area contributed by atoms with Gasteiger partial charge < -0.3 is 10.1 Å². The fourth-order valence-corrected chi connectivity index (χ4v) is 3.66. The van der Waals surface area contributed by atoms with Gasteiger partial charge in [-0.25, -0.2) is 0 Å². The van der Waals surface area contributed by atoms with Gasteiger partial charge in [0.15, 0.2) is 0 Å². The summed E-state index contributed by atoms with van der Waals surface area (Å²) in [4.78, 5) is 0. The quantitative estimate of drug-likeness (QED) is 0.629. The van der Waals surface area contributed by atoms with Crippen molar-refractivity contribution in [3.63, 3.8) is 0 Å². The SMILES string of the molecule is CCC1CCCC(CC2C=CC(C(C)(C=N)CC)=CCC2)O1. The van der Waals surface area contributed by atoms with E-state index in [9.17, 15) is 0 Å². The number of rotatable bonds is 6. The molecule has 1 N–H and O–H groups in total. The lowest BCUT2D eigenvalue weighted by molar-refractivity contribution is -0.0585. The van der Waals surface area contributed by atoms with Gasteiger partial charge in [-0.15, -0.1) is 0 Å². The Hall–Kier alpha value is -0.890. The van der Waals surface area contributed by atoms with Crippen LogP contribution in [-0.4, -0.2) is 18.4 Å². The Kier molecular flexibility index (Phi) is 6.43. The van der Waals surface area contributed by atoms with Gasteiger partial charge in [-0.2, -0.15) is 0 Å². The summed E-state index contributed by atoms with van der Waals surface area (Å²) >= 11 is 0. The molecule has 2 aliphatic rings. The molecule has 4 atom stereocenters. The molecule has 2 rings (SSSR count). The molecular formula is C20H33NO. The molecule has 4 unspecified atom stereocenters. The van der Waals surface area contributed by atoms with Crippen molar-refractivity contribution >= 4 is 6.21 Å². The molecule has 0 aromatic carbocycles. The molecule has 1 aliphatic heterocycles. The van der Waals surface area contributed by atoms with Crippen molar-refractivity contribution in [3.8, 4) is 0 Å². The minimum Gasteiger partial charge on any atom is -0.375 e. The van der Waals surface area contributed by atoms with Crippen LogP contribution >= 0.6 is 0 Å². The summed E-state index contributed by atoms with van der Waals surface area (Å²) in [5.74, 6) is 0.626. The maximum absolute atomic E-state index is 7.74. The zero-order valence-electron chi connectivity index (χ0n) is 14.6. The second-order valence-electron chi connectivity index (χ2n) is 7.23. The van der Waals surface area contributed by atoms with Gasteiger partial charge in [0.1, 0.15) is 0 Å². The number of hydrogen-bond acceptors (Lipinski definition) is 2. The average Bonchev–Trinajstić information content (AvgIpc) is 2.80. The molecule has 1 aliphatic carbocycles. The van der Waals surface area contributed by atoms with Crippen LogP contribution in [0.1, 0.15) is 72.1 Å². The second-order valence-corrected chi connectivity index (χ2v) is 7.23. The van der Waals surface area contributed by atoms with Crippen LogP contribution in [-0.2, 0) is 4.74 Å². The van der Waals surface area contributed by atoms with E-state index in [1.165, 1.54) is 37.7 Å². The fourth-order valence-electron chi connectivity index (χ4n) is 3.66. The smallest absolute Gasteiger partial charge is 0.0584 e. The highest BCUT2D eigenvalue weighted by Crippen LogP contribution is 2.34. The van der Waals surface area contributed by atoms with Crippen molar-refractivity contribution < 1.29 is 4.74 Å². The number of ether oxygens (including phenoxy) is 1. The van der Waals surface area contributed by atoms with Crippen molar-refractivity contribution in [1.29, 1.82) is 5.41 Å². The van der Waals surface area contributed by atoms with Crippen LogP contribution in [0.2, 0.25) is 0 Å². The minimum atomic E-state index is -0.0972. The monoisotopic (exact) mass is 303 g/mol. The molecule has 1 saturated heterocycles. The molecule has 22 heavy (non-hydrogen) atoms. The van der Waals surface area contributed by atoms with Crippen molar-refractivity contribution in [3.05, 3.63) is 23.8 Å². The van der Waals surface area contributed by atoms with E-state index < -0.39 is 0 Å². The third-order valence-electron chi connectivity index (χ3n) is 5.62. The first-order valence-electron chi connectivity index (χ1n) is 9.17. The third-order valence-corrected chi connectivity index (χ3v) is 5.62. The Bertz CT molecular complexity index is 425. The van der Waals surface area contributed by atoms with Crippen LogP contribution in [0.4, 0.5) is 0 Å². The lowest BCUT2D eigenvalue weighted by atomic mass is 9.80. The summed E-state index contributed by atoms with van der Waals surface area (Å²) in [6, 6.07) is 0. The molecular weight excluding hydrogens is 270 g/mol. The van der Waals surface area contributed by atoms with Crippen LogP contribution in [0.3, 0.4) is 0 Å². The van der Waals surface area contributed by atoms with Crippen LogP contribution in [0.5, 0.6) is 0 Å². The van der Waals surface area contributed by atoms with Crippen molar-refractivity contribution in [1.82, 2.24) is 0 Å². The predicted octanol–water partition coefficient (Wildman–Crippen LogP) is 5.68. The first-order valence-corrected chi connectivity index (χ1v) is 9.17. The third kappa shape index (κ3) is 4.32. The highest BCUT2D eigenvalue weighted by atomic mass is 16.5. The Morgan fingerprint density at radius 2 is 2.05 bits per heavy atom. The highest BCUT2D eigenvalue weighted by molar-refractivity contribution is 5.68. The molecule has 0 aromatic heterocycles. The van der Waals surface area contributed by atoms with E-state index in [1.54, 1.807) is 6.21 Å². The van der Waals surface area contributed by atoms with Crippen molar-refractivity contribution in [2.45, 2.75) is 84.3 Å². The zero-order chi connectivity index (χ0) is 16.0. The molecule has 2 heteroatoms. The number of nitrogens with one attached hydrogen (secondary N) is 1. The number of hydrogen-bond donors (Lipinski definition) is 1. The molecule has 0 bridgehead atoms. The Labute approximate surface area is 136 Å². The molecule has 124 valence electrons. The summed E-state index contributed by atoms with van der Waals surface area (Å²) < 4.78 is 6.23. The van der Waals surface area contributed by atoms with Gasteiger partial charge in [-0.1, -0.05) is 39.0 Å². The largest absolute Gasteiger partial charge is 0.375 e. The van der Waals surface area contributed by atoms with Gasteiger partial charge in [0.05, 0.1) is 12.2 Å². The van der Waals surface area contributed by atoms with Crippen LogP contribution in [0.25, 0.3) is 0 Å². The van der Waals surface area contributed by atoms with E-state index in [4.69, 9.17) is 10.1 Å². The van der Waals surface area contributed by atoms with Crippen LogP contribution < -0.4 is 0 Å². The molecule has 2 nitrogen and oxygen atoms in total. The van der Waals surface area contributed by atoms with Crippen molar-refractivity contribution in [2.24, 2.45) is 11.3 Å². The topological polar surface area (TPSA) is 33.1 Å². The average molecular weight is 303 g/mol. The lowest BCUT2D eigenvalue weighted by Crippen LogP contribution is -2.28. The van der Waals surface area contributed by atoms with E-state index >= 15 is 0 Å². The van der Waals surface area contributed by atoms with Crippen LogP contribution in [0, 0.1) is 16.7 Å². The van der Waals surface area contributed by atoms with Gasteiger partial charge >= 0.3 is 0 Å². The van der Waals surface area contributed by atoms with E-state index in [1.807, 2.05) is 0 Å². The Balaban J connectivity index is 1.94. The molecule has 0 amide bonds. The van der Waals surface area contributed by atoms with Crippen LogP contribution in [0.15, 0.2) is 23.8 Å². The molecule has 0 radical (unpaired) electrons. The van der Waals surface area contributed by atoms with E-state index in [0.717, 1.165) is 19.3 Å². The Morgan fingerprint density at radius 1 is 1.27 bits per heavy atom. The van der Waals surface area contributed by atoms with Gasteiger partial charge in [0.2, 0.25) is 0 Å². The first-order chi connectivity index (χ1) is 10.6. The Morgan fingerprint density at radius 3 is 2.73 bits per heavy atom. The van der Waals surface area contributed by atoms with E-state index in [0.29, 0.717) is 18.1 Å². The first kappa shape index (κ1) is 17.5. The van der Waals surface area contributed by atoms with E-state index in [2.05, 4.69) is 39.0 Å². The second kappa shape index (κ2) is 8.10. The predicted molar refractivity (Wildman–Crippen MR) is 94.5 cm³/mol. The maximum atomic E-state index is 7.74. The molecule has 0 saturated carbocycles. The van der Waals surface area contributed by atoms with Gasteiger partial charge in [-0.3, -0.25) is 0 Å². The summed E-state index contributed by atoms with van der Waals surface area (Å²) in [6.45, 7) is 6.58. The standard InChI is InChI=1S/C20H33NO/c1-4-18-10-7-11-19(22-18)14-16-8-6-9-17(13-12-16)20(3,5-2)15-21/h9,12-13,15-16,18-19,21H,4-8,10-11,14H2,1-3H3. The normalized spacial score (nSPS) is 32.0. The maximum Gasteiger partial charge on any atom is 0.0584 e. The van der Waals surface area contributed by atoms with Crippen molar-refractivity contribution in [2.75, 3.05) is 0 Å². The summed E-state index contributed by atoms with van der Waals surface area (Å²) in [6.07, 6.45) is 19.0. The number of allylic oxidation sites excluding steroid dienone is 4. The molecule has 1 fully saturated rings. The molecule has 0 spiro atoms. The summed E-state index contributed by atoms with van der Waals surface area (Å²) in [5, 5.41) is 7.74. The molecule has 1 heterocycles. The lowest BCUT2D eigenvalue weighted by Gasteiger charge is -2.31. The summed E-state index contributed by atoms with van der Waals surface area (Å²) in [7, 11) is 0. The fraction of sp³-hybridized carbons (Fsp3) is 0.750. The van der Waals surface area contributed by atoms with E-state index in [-0.39, 0.29) is 5.41 Å². The minimum absolute atomic E-state index is 0.0972. The van der Waals surface area contributed by atoms with Gasteiger partial charge in [0, 0.05) is 11.6 Å². The highest BCUT2D eigenvalue weighted by Gasteiger charge is 2.26. The van der Waals surface area contributed by atoms with Gasteiger partial charge in [-0.05, 0) is 62.9 Å². The molecule has 0 aromatic rings. The van der Waals surface area contributed by atoms with Gasteiger partial charge in [0.25, 0.3) is 0 Å². The summed E-state index contributed by atoms with van der Waals surface area (Å²) in [5.41, 5.74) is 1.23.